The normalized spacial score (nSPS) is 10.7. The summed E-state index contributed by atoms with van der Waals surface area (Å²) >= 11 is 1.34. The van der Waals surface area contributed by atoms with Crippen LogP contribution < -0.4 is 10.1 Å². The Balaban J connectivity index is 1.45. The molecule has 1 N–H and O–H groups in total. The smallest absolute Gasteiger partial charge is 0.230 e. The van der Waals surface area contributed by atoms with Crippen molar-refractivity contribution in [2.75, 3.05) is 5.75 Å². The minimum absolute atomic E-state index is 0.0841. The fourth-order valence-electron chi connectivity index (χ4n) is 3.07. The first kappa shape index (κ1) is 21.6. The van der Waals surface area contributed by atoms with Crippen LogP contribution in [0.15, 0.2) is 84.3 Å². The van der Waals surface area contributed by atoms with Crippen molar-refractivity contribution in [1.82, 2.24) is 25.1 Å². The van der Waals surface area contributed by atoms with Gasteiger partial charge in [-0.2, -0.15) is 0 Å². The number of hydrogen-bond acceptors (Lipinski definition) is 6. The van der Waals surface area contributed by atoms with Gasteiger partial charge in [0.25, 0.3) is 0 Å². The van der Waals surface area contributed by atoms with E-state index < -0.39 is 0 Å². The summed E-state index contributed by atoms with van der Waals surface area (Å²) < 4.78 is 7.92. The zero-order valence-corrected chi connectivity index (χ0v) is 18.5. The summed E-state index contributed by atoms with van der Waals surface area (Å²) in [6, 6.07) is 21.4. The molecule has 0 saturated heterocycles. The highest BCUT2D eigenvalue weighted by Crippen LogP contribution is 2.24. The fraction of sp³-hybridized carbons (Fsp3) is 0.167. The highest BCUT2D eigenvalue weighted by molar-refractivity contribution is 7.99. The van der Waals surface area contributed by atoms with E-state index in [0.29, 0.717) is 17.5 Å². The fourth-order valence-corrected chi connectivity index (χ4v) is 3.87. The van der Waals surface area contributed by atoms with Crippen molar-refractivity contribution >= 4 is 17.7 Å². The molecular weight excluding hydrogens is 422 g/mol. The van der Waals surface area contributed by atoms with Gasteiger partial charge in [0.2, 0.25) is 5.91 Å². The van der Waals surface area contributed by atoms with Crippen LogP contribution in [-0.2, 0) is 17.9 Å². The molecule has 4 rings (SSSR count). The Labute approximate surface area is 190 Å². The van der Waals surface area contributed by atoms with E-state index in [1.54, 1.807) is 12.4 Å². The van der Waals surface area contributed by atoms with Crippen molar-refractivity contribution in [3.63, 3.8) is 0 Å². The molecule has 0 aliphatic carbocycles. The first-order valence-electron chi connectivity index (χ1n) is 10.2. The first-order chi connectivity index (χ1) is 15.7. The molecule has 0 aliphatic heterocycles. The lowest BCUT2D eigenvalue weighted by molar-refractivity contribution is -0.118. The maximum Gasteiger partial charge on any atom is 0.230 e. The van der Waals surface area contributed by atoms with Crippen molar-refractivity contribution in [2.24, 2.45) is 0 Å². The molecule has 162 valence electrons. The number of nitrogens with zero attached hydrogens (tertiary/aromatic N) is 4. The Hall–Kier alpha value is -3.65. The van der Waals surface area contributed by atoms with Crippen molar-refractivity contribution < 1.29 is 9.53 Å². The summed E-state index contributed by atoms with van der Waals surface area (Å²) in [6.45, 7) is 2.71. The number of aryl methyl sites for hydroxylation is 1. The van der Waals surface area contributed by atoms with Crippen LogP contribution in [0.5, 0.6) is 5.75 Å². The third kappa shape index (κ3) is 5.53. The second-order valence-corrected chi connectivity index (χ2v) is 7.99. The second-order valence-electron chi connectivity index (χ2n) is 7.05. The largest absolute Gasteiger partial charge is 0.485 e. The quantitative estimate of drug-likeness (QED) is 0.393. The number of para-hydroxylation sites is 2. The van der Waals surface area contributed by atoms with Gasteiger partial charge in [-0.25, -0.2) is 0 Å². The minimum Gasteiger partial charge on any atom is -0.485 e. The van der Waals surface area contributed by atoms with Crippen LogP contribution in [0, 0.1) is 6.92 Å². The third-order valence-electron chi connectivity index (χ3n) is 4.71. The Bertz CT molecular complexity index is 1170. The van der Waals surface area contributed by atoms with E-state index in [9.17, 15) is 4.79 Å². The SMILES string of the molecule is Cc1ccccc1OCc1nnc(SCC(=O)NCc2cccnc2)n1-c1ccccc1. The van der Waals surface area contributed by atoms with E-state index in [1.807, 2.05) is 78.2 Å². The number of aromatic nitrogens is 4. The predicted molar refractivity (Wildman–Crippen MR) is 124 cm³/mol. The second kappa shape index (κ2) is 10.6. The van der Waals surface area contributed by atoms with Crippen LogP contribution in [0.3, 0.4) is 0 Å². The van der Waals surface area contributed by atoms with Crippen LogP contribution in [0.4, 0.5) is 0 Å². The highest BCUT2D eigenvalue weighted by atomic mass is 32.2. The molecule has 0 saturated carbocycles. The van der Waals surface area contributed by atoms with Gasteiger partial charge in [-0.15, -0.1) is 10.2 Å². The van der Waals surface area contributed by atoms with E-state index >= 15 is 0 Å². The van der Waals surface area contributed by atoms with Gasteiger partial charge < -0.3 is 10.1 Å². The van der Waals surface area contributed by atoms with Gasteiger partial charge in [-0.3, -0.25) is 14.3 Å². The lowest BCUT2D eigenvalue weighted by Crippen LogP contribution is -2.24. The minimum atomic E-state index is -0.0841. The third-order valence-corrected chi connectivity index (χ3v) is 5.64. The van der Waals surface area contributed by atoms with E-state index in [0.717, 1.165) is 22.6 Å². The Kier molecular flexibility index (Phi) is 7.14. The lowest BCUT2D eigenvalue weighted by Gasteiger charge is -2.12. The molecule has 8 heteroatoms. The van der Waals surface area contributed by atoms with Gasteiger partial charge in [0.05, 0.1) is 5.75 Å². The average molecular weight is 446 g/mol. The summed E-state index contributed by atoms with van der Waals surface area (Å²) in [5.41, 5.74) is 2.92. The highest BCUT2D eigenvalue weighted by Gasteiger charge is 2.16. The molecule has 0 radical (unpaired) electrons. The molecule has 0 unspecified atom stereocenters. The summed E-state index contributed by atoms with van der Waals surface area (Å²) in [4.78, 5) is 16.4. The van der Waals surface area contributed by atoms with Gasteiger partial charge in [0.15, 0.2) is 11.0 Å². The molecule has 0 fully saturated rings. The van der Waals surface area contributed by atoms with E-state index in [2.05, 4.69) is 20.5 Å². The monoisotopic (exact) mass is 445 g/mol. The van der Waals surface area contributed by atoms with Crippen LogP contribution in [-0.4, -0.2) is 31.4 Å². The molecular formula is C24H23N5O2S. The topological polar surface area (TPSA) is 81.9 Å². The molecule has 0 spiro atoms. The molecule has 0 atom stereocenters. The summed E-state index contributed by atoms with van der Waals surface area (Å²) in [7, 11) is 0. The Morgan fingerprint density at radius 1 is 1.03 bits per heavy atom. The zero-order valence-electron chi connectivity index (χ0n) is 17.6. The molecule has 32 heavy (non-hydrogen) atoms. The molecule has 2 aromatic carbocycles. The standard InChI is InChI=1S/C24H23N5O2S/c1-18-8-5-6-12-21(18)31-16-22-27-28-24(29(22)20-10-3-2-4-11-20)32-17-23(30)26-15-19-9-7-13-25-14-19/h2-14H,15-17H2,1H3,(H,26,30). The zero-order chi connectivity index (χ0) is 22.2. The predicted octanol–water partition coefficient (Wildman–Crippen LogP) is 3.96. The molecule has 7 nitrogen and oxygen atoms in total. The molecule has 1 amide bonds. The van der Waals surface area contributed by atoms with Crippen LogP contribution in [0.25, 0.3) is 5.69 Å². The van der Waals surface area contributed by atoms with E-state index in [-0.39, 0.29) is 18.3 Å². The van der Waals surface area contributed by atoms with Gasteiger partial charge in [-0.1, -0.05) is 54.2 Å². The average Bonchev–Trinajstić information content (AvgIpc) is 3.25. The molecule has 0 aliphatic rings. The number of pyridine rings is 1. The van der Waals surface area contributed by atoms with E-state index in [4.69, 9.17) is 4.74 Å². The van der Waals surface area contributed by atoms with Crippen LogP contribution >= 0.6 is 11.8 Å². The molecule has 2 heterocycles. The number of amides is 1. The lowest BCUT2D eigenvalue weighted by atomic mass is 10.2. The van der Waals surface area contributed by atoms with E-state index in [1.165, 1.54) is 11.8 Å². The summed E-state index contributed by atoms with van der Waals surface area (Å²) in [5.74, 6) is 1.61. The Morgan fingerprint density at radius 3 is 2.62 bits per heavy atom. The number of hydrogen-bond donors (Lipinski definition) is 1. The van der Waals surface area contributed by atoms with Gasteiger partial charge in [0.1, 0.15) is 12.4 Å². The molecule has 0 bridgehead atoms. The number of benzene rings is 2. The Morgan fingerprint density at radius 2 is 1.84 bits per heavy atom. The van der Waals surface area contributed by atoms with Crippen molar-refractivity contribution in [2.45, 2.75) is 25.2 Å². The van der Waals surface area contributed by atoms with Gasteiger partial charge >= 0.3 is 0 Å². The molecule has 4 aromatic rings. The van der Waals surface area contributed by atoms with Crippen molar-refractivity contribution in [3.8, 4) is 11.4 Å². The summed E-state index contributed by atoms with van der Waals surface area (Å²) in [5, 5.41) is 12.2. The van der Waals surface area contributed by atoms with Crippen LogP contribution in [0.1, 0.15) is 17.0 Å². The maximum absolute atomic E-state index is 12.4. The van der Waals surface area contributed by atoms with Crippen molar-refractivity contribution in [1.29, 1.82) is 0 Å². The van der Waals surface area contributed by atoms with Crippen molar-refractivity contribution in [3.05, 3.63) is 96.1 Å². The number of carbonyl (C=O) groups excluding carboxylic acids is 1. The summed E-state index contributed by atoms with van der Waals surface area (Å²) in [6.07, 6.45) is 3.44. The number of carbonyl (C=O) groups is 1. The number of nitrogens with one attached hydrogen (secondary N) is 1. The van der Waals surface area contributed by atoms with Gasteiger partial charge in [0, 0.05) is 24.6 Å². The number of thioether (sulfide) groups is 1. The maximum atomic E-state index is 12.4. The van der Waals surface area contributed by atoms with Crippen LogP contribution in [0.2, 0.25) is 0 Å². The number of ether oxygens (including phenoxy) is 1. The first-order valence-corrected chi connectivity index (χ1v) is 11.2. The van der Waals surface area contributed by atoms with Gasteiger partial charge in [-0.05, 0) is 42.3 Å². The molecule has 2 aromatic heterocycles. The number of rotatable bonds is 9.